The van der Waals surface area contributed by atoms with E-state index in [2.05, 4.69) is 0 Å². The zero-order valence-corrected chi connectivity index (χ0v) is 12.7. The van der Waals surface area contributed by atoms with Gasteiger partial charge in [0.2, 0.25) is 0 Å². The van der Waals surface area contributed by atoms with Gasteiger partial charge in [0, 0.05) is 12.1 Å². The maximum atomic E-state index is 5.84. The van der Waals surface area contributed by atoms with Crippen molar-refractivity contribution in [3.63, 3.8) is 0 Å². The van der Waals surface area contributed by atoms with Crippen molar-refractivity contribution in [1.82, 2.24) is 0 Å². The van der Waals surface area contributed by atoms with E-state index in [1.54, 1.807) is 14.2 Å². The molecule has 4 nitrogen and oxygen atoms in total. The standard InChI is InChI=1S/C17H21NO3/c1-12-4-6-16(17(8-12)20-3)21-11-13-5-7-15(19-2)14(9-13)10-18/h4-9H,10-11,18H2,1-3H3. The summed E-state index contributed by atoms with van der Waals surface area (Å²) in [5.41, 5.74) is 8.86. The number of hydrogen-bond donors (Lipinski definition) is 1. The molecule has 0 aromatic heterocycles. The maximum Gasteiger partial charge on any atom is 0.161 e. The van der Waals surface area contributed by atoms with Crippen LogP contribution in [0, 0.1) is 6.92 Å². The Balaban J connectivity index is 2.13. The molecule has 0 saturated heterocycles. The third kappa shape index (κ3) is 3.67. The molecule has 0 fully saturated rings. The molecule has 0 aliphatic heterocycles. The molecule has 0 spiro atoms. The van der Waals surface area contributed by atoms with Gasteiger partial charge >= 0.3 is 0 Å². The lowest BCUT2D eigenvalue weighted by Crippen LogP contribution is -2.03. The molecule has 0 aliphatic rings. The first-order valence-corrected chi connectivity index (χ1v) is 6.81. The molecule has 4 heteroatoms. The van der Waals surface area contributed by atoms with Gasteiger partial charge in [-0.05, 0) is 42.3 Å². The normalized spacial score (nSPS) is 10.3. The van der Waals surface area contributed by atoms with E-state index in [1.165, 1.54) is 0 Å². The zero-order chi connectivity index (χ0) is 15.2. The smallest absolute Gasteiger partial charge is 0.161 e. The summed E-state index contributed by atoms with van der Waals surface area (Å²) >= 11 is 0. The van der Waals surface area contributed by atoms with Gasteiger partial charge in [0.15, 0.2) is 11.5 Å². The highest BCUT2D eigenvalue weighted by atomic mass is 16.5. The van der Waals surface area contributed by atoms with Gasteiger partial charge in [-0.15, -0.1) is 0 Å². The average Bonchev–Trinajstić information content (AvgIpc) is 2.53. The molecule has 0 aliphatic carbocycles. The molecule has 0 saturated carbocycles. The van der Waals surface area contributed by atoms with Crippen molar-refractivity contribution in [2.75, 3.05) is 14.2 Å². The van der Waals surface area contributed by atoms with Crippen molar-refractivity contribution in [3.05, 3.63) is 53.1 Å². The first-order chi connectivity index (χ1) is 10.2. The van der Waals surface area contributed by atoms with Crippen molar-refractivity contribution in [3.8, 4) is 17.2 Å². The lowest BCUT2D eigenvalue weighted by molar-refractivity contribution is 0.284. The second kappa shape index (κ2) is 6.99. The summed E-state index contributed by atoms with van der Waals surface area (Å²) in [6.45, 7) is 2.91. The van der Waals surface area contributed by atoms with Gasteiger partial charge in [-0.3, -0.25) is 0 Å². The Kier molecular flexibility index (Phi) is 5.06. The van der Waals surface area contributed by atoms with E-state index in [4.69, 9.17) is 19.9 Å². The van der Waals surface area contributed by atoms with Crippen LogP contribution >= 0.6 is 0 Å². The fraction of sp³-hybridized carbons (Fsp3) is 0.294. The molecular formula is C17H21NO3. The summed E-state index contributed by atoms with van der Waals surface area (Å²) in [6, 6.07) is 11.7. The lowest BCUT2D eigenvalue weighted by Gasteiger charge is -2.13. The second-order valence-corrected chi connectivity index (χ2v) is 4.79. The van der Waals surface area contributed by atoms with E-state index >= 15 is 0 Å². The molecule has 0 bridgehead atoms. The largest absolute Gasteiger partial charge is 0.496 e. The van der Waals surface area contributed by atoms with Crippen LogP contribution in [-0.4, -0.2) is 14.2 Å². The van der Waals surface area contributed by atoms with Crippen LogP contribution in [0.5, 0.6) is 17.2 Å². The number of methoxy groups -OCH3 is 2. The highest BCUT2D eigenvalue weighted by Gasteiger charge is 2.07. The van der Waals surface area contributed by atoms with Gasteiger partial charge in [-0.1, -0.05) is 12.1 Å². The molecule has 0 amide bonds. The minimum Gasteiger partial charge on any atom is -0.496 e. The molecule has 0 heterocycles. The van der Waals surface area contributed by atoms with E-state index < -0.39 is 0 Å². The van der Waals surface area contributed by atoms with E-state index in [0.29, 0.717) is 13.2 Å². The van der Waals surface area contributed by atoms with Crippen LogP contribution in [0.25, 0.3) is 0 Å². The Labute approximate surface area is 125 Å². The number of aryl methyl sites for hydroxylation is 1. The summed E-state index contributed by atoms with van der Waals surface area (Å²) in [5, 5.41) is 0. The fourth-order valence-electron chi connectivity index (χ4n) is 2.14. The average molecular weight is 287 g/mol. The third-order valence-corrected chi connectivity index (χ3v) is 3.28. The maximum absolute atomic E-state index is 5.84. The van der Waals surface area contributed by atoms with Gasteiger partial charge in [0.05, 0.1) is 14.2 Å². The second-order valence-electron chi connectivity index (χ2n) is 4.79. The number of nitrogens with two attached hydrogens (primary N) is 1. The van der Waals surface area contributed by atoms with Crippen LogP contribution in [0.2, 0.25) is 0 Å². The van der Waals surface area contributed by atoms with Crippen LogP contribution in [-0.2, 0) is 13.2 Å². The molecule has 21 heavy (non-hydrogen) atoms. The molecule has 2 N–H and O–H groups in total. The number of rotatable bonds is 6. The number of benzene rings is 2. The number of ether oxygens (including phenoxy) is 3. The van der Waals surface area contributed by atoms with Crippen molar-refractivity contribution >= 4 is 0 Å². The van der Waals surface area contributed by atoms with Crippen molar-refractivity contribution in [2.24, 2.45) is 5.73 Å². The van der Waals surface area contributed by atoms with E-state index in [1.807, 2.05) is 43.3 Å². The summed E-state index contributed by atoms with van der Waals surface area (Å²) in [7, 11) is 3.28. The molecular weight excluding hydrogens is 266 g/mol. The quantitative estimate of drug-likeness (QED) is 0.887. The molecule has 2 rings (SSSR count). The van der Waals surface area contributed by atoms with Gasteiger partial charge in [-0.2, -0.15) is 0 Å². The van der Waals surface area contributed by atoms with Gasteiger partial charge in [-0.25, -0.2) is 0 Å². The molecule has 0 radical (unpaired) electrons. The minimum atomic E-state index is 0.435. The van der Waals surface area contributed by atoms with E-state index in [9.17, 15) is 0 Å². The zero-order valence-electron chi connectivity index (χ0n) is 12.7. The Hall–Kier alpha value is -2.20. The monoisotopic (exact) mass is 287 g/mol. The van der Waals surface area contributed by atoms with Gasteiger partial charge < -0.3 is 19.9 Å². The first-order valence-electron chi connectivity index (χ1n) is 6.81. The van der Waals surface area contributed by atoms with E-state index in [0.717, 1.165) is 33.9 Å². The van der Waals surface area contributed by atoms with Crippen LogP contribution in [0.4, 0.5) is 0 Å². The van der Waals surface area contributed by atoms with E-state index in [-0.39, 0.29) is 0 Å². The topological polar surface area (TPSA) is 53.7 Å². The minimum absolute atomic E-state index is 0.435. The summed E-state index contributed by atoms with van der Waals surface area (Å²) in [6.07, 6.45) is 0. The SMILES string of the molecule is COc1ccc(COc2ccc(C)cc2OC)cc1CN. The fourth-order valence-corrected chi connectivity index (χ4v) is 2.14. The Bertz CT molecular complexity index is 611. The van der Waals surface area contributed by atoms with Crippen LogP contribution in [0.15, 0.2) is 36.4 Å². The predicted octanol–water partition coefficient (Wildman–Crippen LogP) is 3.05. The Morgan fingerprint density at radius 3 is 2.29 bits per heavy atom. The van der Waals surface area contributed by atoms with Crippen molar-refractivity contribution in [2.45, 2.75) is 20.1 Å². The van der Waals surface area contributed by atoms with Crippen LogP contribution in [0.3, 0.4) is 0 Å². The Morgan fingerprint density at radius 2 is 1.62 bits per heavy atom. The first kappa shape index (κ1) is 15.2. The third-order valence-electron chi connectivity index (χ3n) is 3.28. The molecule has 0 unspecified atom stereocenters. The lowest BCUT2D eigenvalue weighted by atomic mass is 10.1. The van der Waals surface area contributed by atoms with Crippen LogP contribution in [0.1, 0.15) is 16.7 Å². The summed E-state index contributed by atoms with van der Waals surface area (Å²) in [5.74, 6) is 2.27. The molecule has 112 valence electrons. The predicted molar refractivity (Wildman–Crippen MR) is 82.9 cm³/mol. The van der Waals surface area contributed by atoms with Gasteiger partial charge in [0.1, 0.15) is 12.4 Å². The van der Waals surface area contributed by atoms with Crippen molar-refractivity contribution < 1.29 is 14.2 Å². The van der Waals surface area contributed by atoms with Crippen molar-refractivity contribution in [1.29, 1.82) is 0 Å². The van der Waals surface area contributed by atoms with Crippen LogP contribution < -0.4 is 19.9 Å². The molecule has 2 aromatic rings. The summed E-state index contributed by atoms with van der Waals surface area (Å²) in [4.78, 5) is 0. The van der Waals surface area contributed by atoms with Gasteiger partial charge in [0.25, 0.3) is 0 Å². The summed E-state index contributed by atoms with van der Waals surface area (Å²) < 4.78 is 16.4. The highest BCUT2D eigenvalue weighted by Crippen LogP contribution is 2.29. The molecule has 0 atom stereocenters. The Morgan fingerprint density at radius 1 is 0.905 bits per heavy atom. The number of hydrogen-bond acceptors (Lipinski definition) is 4. The highest BCUT2D eigenvalue weighted by molar-refractivity contribution is 5.43. The molecule has 2 aromatic carbocycles.